The molecule has 0 atom stereocenters. The summed E-state index contributed by atoms with van der Waals surface area (Å²) < 4.78 is 4.51. The van der Waals surface area contributed by atoms with Gasteiger partial charge in [0.15, 0.2) is 12.0 Å². The Morgan fingerprint density at radius 1 is 1.78 bits per heavy atom. The molecule has 0 aliphatic heterocycles. The summed E-state index contributed by atoms with van der Waals surface area (Å²) in [6.07, 6.45) is 1.65. The Bertz CT molecular complexity index is 235. The SMILES string of the molecule is Cc1noc(NC#N)n1. The summed E-state index contributed by atoms with van der Waals surface area (Å²) in [5, 5.41) is 13.7. The number of aromatic nitrogens is 2. The summed E-state index contributed by atoms with van der Waals surface area (Å²) in [6.45, 7) is 1.67. The molecule has 46 valence electrons. The number of anilines is 1. The molecule has 0 aliphatic carbocycles. The van der Waals surface area contributed by atoms with Crippen LogP contribution in [0.3, 0.4) is 0 Å². The van der Waals surface area contributed by atoms with Gasteiger partial charge in [-0.15, -0.1) is 0 Å². The summed E-state index contributed by atoms with van der Waals surface area (Å²) >= 11 is 0. The molecule has 1 rings (SSSR count). The standard InChI is InChI=1S/C4H4N4O/c1-3-7-4(6-2-5)9-8-3/h1H3,(H,6,7,8). The maximum Gasteiger partial charge on any atom is 0.334 e. The molecule has 5 nitrogen and oxygen atoms in total. The fraction of sp³-hybridized carbons (Fsp3) is 0.250. The van der Waals surface area contributed by atoms with E-state index in [9.17, 15) is 0 Å². The second-order valence-corrected chi connectivity index (χ2v) is 1.38. The second-order valence-electron chi connectivity index (χ2n) is 1.38. The molecule has 0 radical (unpaired) electrons. The predicted octanol–water partition coefficient (Wildman–Crippen LogP) is 0.271. The van der Waals surface area contributed by atoms with Gasteiger partial charge >= 0.3 is 6.01 Å². The first kappa shape index (κ1) is 5.56. The molecular weight excluding hydrogens is 120 g/mol. The van der Waals surface area contributed by atoms with E-state index in [0.29, 0.717) is 5.82 Å². The molecular formula is C4H4N4O. The van der Waals surface area contributed by atoms with Gasteiger partial charge in [0, 0.05) is 0 Å². The van der Waals surface area contributed by atoms with E-state index in [0.717, 1.165) is 0 Å². The van der Waals surface area contributed by atoms with Crippen molar-refractivity contribution in [1.29, 1.82) is 5.26 Å². The van der Waals surface area contributed by atoms with Crippen LogP contribution in [0.5, 0.6) is 0 Å². The van der Waals surface area contributed by atoms with Crippen LogP contribution >= 0.6 is 0 Å². The zero-order valence-corrected chi connectivity index (χ0v) is 4.75. The lowest BCUT2D eigenvalue weighted by Gasteiger charge is -1.78. The third-order valence-electron chi connectivity index (χ3n) is 0.690. The lowest BCUT2D eigenvalue weighted by atomic mass is 10.7. The van der Waals surface area contributed by atoms with Crippen LogP contribution in [0, 0.1) is 18.4 Å². The Kier molecular flexibility index (Phi) is 1.32. The summed E-state index contributed by atoms with van der Waals surface area (Å²) in [7, 11) is 0. The third kappa shape index (κ3) is 1.16. The normalized spacial score (nSPS) is 8.44. The largest absolute Gasteiger partial charge is 0.334 e. The summed E-state index contributed by atoms with van der Waals surface area (Å²) in [5.41, 5.74) is 0. The van der Waals surface area contributed by atoms with E-state index < -0.39 is 0 Å². The Morgan fingerprint density at radius 3 is 3.00 bits per heavy atom. The minimum atomic E-state index is 0.134. The van der Waals surface area contributed by atoms with Crippen molar-refractivity contribution >= 4 is 6.01 Å². The van der Waals surface area contributed by atoms with E-state index in [-0.39, 0.29) is 6.01 Å². The number of hydrogen-bond donors (Lipinski definition) is 1. The zero-order chi connectivity index (χ0) is 6.69. The van der Waals surface area contributed by atoms with Gasteiger partial charge in [-0.1, -0.05) is 5.16 Å². The number of rotatable bonds is 1. The molecule has 1 N–H and O–H groups in total. The molecule has 1 aromatic rings. The van der Waals surface area contributed by atoms with E-state index in [1.165, 1.54) is 0 Å². The van der Waals surface area contributed by atoms with Gasteiger partial charge in [-0.3, -0.25) is 0 Å². The number of aryl methyl sites for hydroxylation is 1. The van der Waals surface area contributed by atoms with Crippen molar-refractivity contribution in [2.45, 2.75) is 6.92 Å². The third-order valence-corrected chi connectivity index (χ3v) is 0.690. The molecule has 0 bridgehead atoms. The predicted molar refractivity (Wildman–Crippen MR) is 28.3 cm³/mol. The first-order chi connectivity index (χ1) is 4.33. The van der Waals surface area contributed by atoms with Crippen molar-refractivity contribution in [3.8, 4) is 6.19 Å². The van der Waals surface area contributed by atoms with Crippen LogP contribution in [0.15, 0.2) is 4.52 Å². The van der Waals surface area contributed by atoms with E-state index in [2.05, 4.69) is 20.0 Å². The van der Waals surface area contributed by atoms with Crippen molar-refractivity contribution in [3.63, 3.8) is 0 Å². The van der Waals surface area contributed by atoms with Crippen molar-refractivity contribution in [2.24, 2.45) is 0 Å². The van der Waals surface area contributed by atoms with Gasteiger partial charge in [0.1, 0.15) is 0 Å². The number of hydrogen-bond acceptors (Lipinski definition) is 5. The zero-order valence-electron chi connectivity index (χ0n) is 4.75. The monoisotopic (exact) mass is 124 g/mol. The second kappa shape index (κ2) is 2.13. The number of nitrogens with zero attached hydrogens (tertiary/aromatic N) is 3. The molecule has 0 saturated carbocycles. The van der Waals surface area contributed by atoms with Crippen LogP contribution in [0.1, 0.15) is 5.82 Å². The number of nitriles is 1. The van der Waals surface area contributed by atoms with Gasteiger partial charge in [0.05, 0.1) is 0 Å². The van der Waals surface area contributed by atoms with Crippen molar-refractivity contribution in [3.05, 3.63) is 5.82 Å². The molecule has 1 aromatic heterocycles. The highest BCUT2D eigenvalue weighted by Gasteiger charge is 1.97. The van der Waals surface area contributed by atoms with Gasteiger partial charge in [0.2, 0.25) is 0 Å². The Hall–Kier alpha value is -1.57. The van der Waals surface area contributed by atoms with Crippen LogP contribution in [0.2, 0.25) is 0 Å². The van der Waals surface area contributed by atoms with Gasteiger partial charge in [0.25, 0.3) is 0 Å². The molecule has 0 spiro atoms. The first-order valence-corrected chi connectivity index (χ1v) is 2.28. The molecule has 0 amide bonds. The lowest BCUT2D eigenvalue weighted by Crippen LogP contribution is -1.85. The van der Waals surface area contributed by atoms with Crippen LogP contribution in [0.4, 0.5) is 6.01 Å². The maximum atomic E-state index is 8.04. The quantitative estimate of drug-likeness (QED) is 0.429. The molecule has 5 heteroatoms. The van der Waals surface area contributed by atoms with E-state index in [1.54, 1.807) is 13.1 Å². The van der Waals surface area contributed by atoms with E-state index in [4.69, 9.17) is 5.26 Å². The van der Waals surface area contributed by atoms with Crippen molar-refractivity contribution in [1.82, 2.24) is 10.1 Å². The molecule has 0 fully saturated rings. The highest BCUT2D eigenvalue weighted by Crippen LogP contribution is 1.99. The van der Waals surface area contributed by atoms with Crippen LogP contribution in [0.25, 0.3) is 0 Å². The Morgan fingerprint density at radius 2 is 2.56 bits per heavy atom. The first-order valence-electron chi connectivity index (χ1n) is 2.28. The van der Waals surface area contributed by atoms with Crippen molar-refractivity contribution in [2.75, 3.05) is 5.32 Å². The Labute approximate surface area is 51.3 Å². The molecule has 0 aromatic carbocycles. The maximum absolute atomic E-state index is 8.04. The van der Waals surface area contributed by atoms with Crippen molar-refractivity contribution < 1.29 is 4.52 Å². The molecule has 1 heterocycles. The highest BCUT2D eigenvalue weighted by atomic mass is 16.5. The topological polar surface area (TPSA) is 74.7 Å². The molecule has 0 unspecified atom stereocenters. The van der Waals surface area contributed by atoms with E-state index >= 15 is 0 Å². The molecule has 0 saturated heterocycles. The number of nitrogens with one attached hydrogen (secondary N) is 1. The summed E-state index contributed by atoms with van der Waals surface area (Å²) in [6, 6.07) is 0.134. The van der Waals surface area contributed by atoms with Gasteiger partial charge in [-0.05, 0) is 6.92 Å². The summed E-state index contributed by atoms with van der Waals surface area (Å²) in [5.74, 6) is 0.507. The summed E-state index contributed by atoms with van der Waals surface area (Å²) in [4.78, 5) is 3.69. The minimum absolute atomic E-state index is 0.134. The van der Waals surface area contributed by atoms with Gasteiger partial charge < -0.3 is 4.52 Å². The smallest absolute Gasteiger partial charge is 0.314 e. The molecule has 0 aliphatic rings. The minimum Gasteiger partial charge on any atom is -0.314 e. The van der Waals surface area contributed by atoms with Crippen LogP contribution < -0.4 is 5.32 Å². The average Bonchev–Trinajstić information content (AvgIpc) is 2.17. The van der Waals surface area contributed by atoms with E-state index in [1.807, 2.05) is 0 Å². The Balaban J connectivity index is 2.76. The fourth-order valence-electron chi connectivity index (χ4n) is 0.396. The average molecular weight is 124 g/mol. The van der Waals surface area contributed by atoms with Crippen LogP contribution in [-0.4, -0.2) is 10.1 Å². The highest BCUT2D eigenvalue weighted by molar-refractivity contribution is 5.24. The van der Waals surface area contributed by atoms with Gasteiger partial charge in [-0.25, -0.2) is 5.32 Å². The molecule has 9 heavy (non-hydrogen) atoms. The lowest BCUT2D eigenvalue weighted by molar-refractivity contribution is 0.428. The van der Waals surface area contributed by atoms with Crippen LogP contribution in [-0.2, 0) is 0 Å². The van der Waals surface area contributed by atoms with Gasteiger partial charge in [-0.2, -0.15) is 10.2 Å². The fourth-order valence-corrected chi connectivity index (χ4v) is 0.396.